The molecule has 1 saturated heterocycles. The number of benzene rings is 1. The van der Waals surface area contributed by atoms with Crippen molar-refractivity contribution in [3.05, 3.63) is 48.4 Å². The molecule has 4 rings (SSSR count). The van der Waals surface area contributed by atoms with Gasteiger partial charge in [0.05, 0.1) is 12.8 Å². The molecule has 1 fully saturated rings. The van der Waals surface area contributed by atoms with Gasteiger partial charge in [-0.15, -0.1) is 0 Å². The third kappa shape index (κ3) is 4.57. The van der Waals surface area contributed by atoms with Crippen molar-refractivity contribution in [2.24, 2.45) is 0 Å². The number of hydrogen-bond donors (Lipinski definition) is 1. The highest BCUT2D eigenvalue weighted by molar-refractivity contribution is 5.82. The largest absolute Gasteiger partial charge is 0.423 e. The lowest BCUT2D eigenvalue weighted by atomic mass is 10.1. The zero-order valence-electron chi connectivity index (χ0n) is 17.0. The molecule has 156 valence electrons. The fourth-order valence-corrected chi connectivity index (χ4v) is 3.24. The van der Waals surface area contributed by atoms with E-state index >= 15 is 0 Å². The summed E-state index contributed by atoms with van der Waals surface area (Å²) in [7, 11) is 1.63. The van der Waals surface area contributed by atoms with Crippen LogP contribution < -0.4 is 10.2 Å². The van der Waals surface area contributed by atoms with Gasteiger partial charge in [0.2, 0.25) is 11.9 Å². The van der Waals surface area contributed by atoms with Crippen LogP contribution in [0.3, 0.4) is 0 Å². The Balaban J connectivity index is 1.45. The molecule has 0 aliphatic carbocycles. The third-order valence-electron chi connectivity index (χ3n) is 4.85. The summed E-state index contributed by atoms with van der Waals surface area (Å²) in [6.07, 6.45) is 3.40. The molecule has 9 heteroatoms. The molecule has 3 heterocycles. The van der Waals surface area contributed by atoms with Crippen LogP contribution in [0.25, 0.3) is 11.3 Å². The maximum absolute atomic E-state index is 12.3. The number of methoxy groups -OCH3 is 1. The summed E-state index contributed by atoms with van der Waals surface area (Å²) in [5.41, 5.74) is 2.61. The number of hydrogen-bond acceptors (Lipinski definition) is 8. The average Bonchev–Trinajstić information content (AvgIpc) is 3.23. The number of carbonyl (C=O) groups is 1. The number of nitrogens with one attached hydrogen (secondary N) is 1. The van der Waals surface area contributed by atoms with Crippen molar-refractivity contribution in [3.8, 4) is 11.3 Å². The maximum Gasteiger partial charge on any atom is 0.298 e. The van der Waals surface area contributed by atoms with Gasteiger partial charge in [-0.2, -0.15) is 0 Å². The Morgan fingerprint density at radius 3 is 2.93 bits per heavy atom. The van der Waals surface area contributed by atoms with E-state index in [9.17, 15) is 4.79 Å². The van der Waals surface area contributed by atoms with Crippen LogP contribution >= 0.6 is 0 Å². The smallest absolute Gasteiger partial charge is 0.298 e. The number of anilines is 3. The maximum atomic E-state index is 12.3. The number of aromatic nitrogens is 3. The summed E-state index contributed by atoms with van der Waals surface area (Å²) < 4.78 is 11.0. The molecule has 0 radical (unpaired) electrons. The molecule has 1 N–H and O–H groups in total. The van der Waals surface area contributed by atoms with Crippen molar-refractivity contribution in [1.82, 2.24) is 19.9 Å². The molecule has 0 saturated carbocycles. The second-order valence-electron chi connectivity index (χ2n) is 7.03. The Bertz CT molecular complexity index is 1020. The standard InChI is InChI=1S/C21H24N6O3/c1-15-6-7-22-20(24-15)25-17-5-3-4-16(12-17)18-13-23-21(30-18)27-9-8-26(10-11-29-2)19(28)14-27/h3-7,12-13H,8-11,14H2,1-2H3,(H,22,24,25). The number of piperazine rings is 1. The van der Waals surface area contributed by atoms with Gasteiger partial charge in [0.15, 0.2) is 5.76 Å². The lowest BCUT2D eigenvalue weighted by Gasteiger charge is -2.33. The van der Waals surface area contributed by atoms with Crippen molar-refractivity contribution < 1.29 is 13.9 Å². The van der Waals surface area contributed by atoms with Crippen molar-refractivity contribution in [2.75, 3.05) is 50.1 Å². The molecule has 0 atom stereocenters. The first-order chi connectivity index (χ1) is 14.6. The number of rotatable bonds is 7. The Labute approximate surface area is 174 Å². The van der Waals surface area contributed by atoms with E-state index in [1.807, 2.05) is 42.2 Å². The first kappa shape index (κ1) is 19.8. The predicted octanol–water partition coefficient (Wildman–Crippen LogP) is 2.48. The predicted molar refractivity (Wildman–Crippen MR) is 113 cm³/mol. The number of amides is 1. The van der Waals surface area contributed by atoms with Crippen LogP contribution in [0.5, 0.6) is 0 Å². The molecule has 0 bridgehead atoms. The van der Waals surface area contributed by atoms with Gasteiger partial charge in [-0.25, -0.2) is 15.0 Å². The van der Waals surface area contributed by atoms with Crippen molar-refractivity contribution in [2.45, 2.75) is 6.92 Å². The third-order valence-corrected chi connectivity index (χ3v) is 4.85. The highest BCUT2D eigenvalue weighted by Crippen LogP contribution is 2.28. The molecule has 1 amide bonds. The van der Waals surface area contributed by atoms with E-state index in [4.69, 9.17) is 9.15 Å². The van der Waals surface area contributed by atoms with Crippen LogP contribution in [-0.4, -0.2) is 65.7 Å². The molecule has 1 aliphatic heterocycles. The molecular weight excluding hydrogens is 384 g/mol. The van der Waals surface area contributed by atoms with Crippen molar-refractivity contribution in [1.29, 1.82) is 0 Å². The quantitative estimate of drug-likeness (QED) is 0.637. The second kappa shape index (κ2) is 8.91. The van der Waals surface area contributed by atoms with Crippen LogP contribution in [0.4, 0.5) is 17.7 Å². The normalized spacial score (nSPS) is 14.3. The molecule has 1 aliphatic rings. The molecular formula is C21H24N6O3. The van der Waals surface area contributed by atoms with Gasteiger partial charge < -0.3 is 24.3 Å². The topological polar surface area (TPSA) is 96.6 Å². The van der Waals surface area contributed by atoms with Gasteiger partial charge in [0.1, 0.15) is 6.54 Å². The number of oxazole rings is 1. The minimum atomic E-state index is 0.0439. The Morgan fingerprint density at radius 1 is 1.23 bits per heavy atom. The Hall–Kier alpha value is -3.46. The monoisotopic (exact) mass is 408 g/mol. The lowest BCUT2D eigenvalue weighted by Crippen LogP contribution is -2.51. The summed E-state index contributed by atoms with van der Waals surface area (Å²) in [5, 5.41) is 3.20. The average molecular weight is 408 g/mol. The van der Waals surface area contributed by atoms with Crippen LogP contribution in [0.15, 0.2) is 47.1 Å². The zero-order valence-corrected chi connectivity index (χ0v) is 17.0. The molecule has 2 aromatic heterocycles. The van der Waals surface area contributed by atoms with Gasteiger partial charge >= 0.3 is 0 Å². The molecule has 0 unspecified atom stereocenters. The first-order valence-corrected chi connectivity index (χ1v) is 9.77. The van der Waals surface area contributed by atoms with Gasteiger partial charge in [-0.05, 0) is 25.1 Å². The highest BCUT2D eigenvalue weighted by atomic mass is 16.5. The van der Waals surface area contributed by atoms with Crippen LogP contribution in [0.1, 0.15) is 5.69 Å². The van der Waals surface area contributed by atoms with E-state index in [1.54, 1.807) is 24.4 Å². The van der Waals surface area contributed by atoms with E-state index in [-0.39, 0.29) is 12.5 Å². The number of ether oxygens (including phenoxy) is 1. The van der Waals surface area contributed by atoms with Crippen molar-refractivity contribution >= 4 is 23.6 Å². The van der Waals surface area contributed by atoms with Gasteiger partial charge in [0.25, 0.3) is 6.01 Å². The van der Waals surface area contributed by atoms with Gasteiger partial charge in [0, 0.05) is 49.9 Å². The molecule has 30 heavy (non-hydrogen) atoms. The summed E-state index contributed by atoms with van der Waals surface area (Å²) in [6, 6.07) is 10.0. The van der Waals surface area contributed by atoms with E-state index in [0.29, 0.717) is 44.0 Å². The van der Waals surface area contributed by atoms with E-state index < -0.39 is 0 Å². The van der Waals surface area contributed by atoms with E-state index in [2.05, 4.69) is 20.3 Å². The van der Waals surface area contributed by atoms with Crippen molar-refractivity contribution in [3.63, 3.8) is 0 Å². The summed E-state index contributed by atoms with van der Waals surface area (Å²) in [4.78, 5) is 29.0. The zero-order chi connectivity index (χ0) is 20.9. The second-order valence-corrected chi connectivity index (χ2v) is 7.03. The minimum Gasteiger partial charge on any atom is -0.423 e. The molecule has 3 aromatic rings. The number of nitrogens with zero attached hydrogens (tertiary/aromatic N) is 5. The molecule has 9 nitrogen and oxygen atoms in total. The fraction of sp³-hybridized carbons (Fsp3) is 0.333. The molecule has 1 aromatic carbocycles. The Morgan fingerprint density at radius 2 is 2.13 bits per heavy atom. The van der Waals surface area contributed by atoms with Crippen LogP contribution in [0.2, 0.25) is 0 Å². The van der Waals surface area contributed by atoms with Gasteiger partial charge in [-0.3, -0.25) is 4.79 Å². The van der Waals surface area contributed by atoms with Crippen LogP contribution in [0, 0.1) is 6.92 Å². The number of aryl methyl sites for hydroxylation is 1. The van der Waals surface area contributed by atoms with E-state index in [0.717, 1.165) is 16.9 Å². The molecule has 0 spiro atoms. The highest BCUT2D eigenvalue weighted by Gasteiger charge is 2.26. The lowest BCUT2D eigenvalue weighted by molar-refractivity contribution is -0.131. The minimum absolute atomic E-state index is 0.0439. The number of carbonyl (C=O) groups excluding carboxylic acids is 1. The summed E-state index contributed by atoms with van der Waals surface area (Å²) in [5.74, 6) is 1.21. The SMILES string of the molecule is COCCN1CCN(c2ncc(-c3cccc(Nc4nccc(C)n4)c3)o2)CC1=O. The van der Waals surface area contributed by atoms with E-state index in [1.165, 1.54) is 0 Å². The summed E-state index contributed by atoms with van der Waals surface area (Å²) in [6.45, 7) is 4.59. The van der Waals surface area contributed by atoms with Gasteiger partial charge in [-0.1, -0.05) is 12.1 Å². The summed E-state index contributed by atoms with van der Waals surface area (Å²) >= 11 is 0. The Kier molecular flexibility index (Phi) is 5.89. The van der Waals surface area contributed by atoms with Crippen LogP contribution in [-0.2, 0) is 9.53 Å². The fourth-order valence-electron chi connectivity index (χ4n) is 3.24. The first-order valence-electron chi connectivity index (χ1n) is 9.77.